The van der Waals surface area contributed by atoms with Crippen LogP contribution in [0.1, 0.15) is 0 Å². The molecule has 0 saturated carbocycles. The summed E-state index contributed by atoms with van der Waals surface area (Å²) in [5.74, 6) is 3.47. The first kappa shape index (κ1) is 25.7. The molecule has 9 rings (SSSR count). The first-order valence-electron chi connectivity index (χ1n) is 15.4. The molecule has 0 aromatic heterocycles. The zero-order chi connectivity index (χ0) is 29.7. The highest BCUT2D eigenvalue weighted by molar-refractivity contribution is 6.98. The number of hydrogen-bond acceptors (Lipinski definition) is 2. The molecule has 3 heteroatoms. The summed E-state index contributed by atoms with van der Waals surface area (Å²) in [5.41, 5.74) is 12.3. The van der Waals surface area contributed by atoms with Crippen molar-refractivity contribution in [2.75, 3.05) is 0 Å². The van der Waals surface area contributed by atoms with Crippen LogP contribution in [0.15, 0.2) is 164 Å². The van der Waals surface area contributed by atoms with Gasteiger partial charge in [-0.25, -0.2) is 0 Å². The molecule has 2 aliphatic heterocycles. The second-order valence-corrected chi connectivity index (χ2v) is 11.7. The Bertz CT molecular complexity index is 2040. The van der Waals surface area contributed by atoms with Crippen molar-refractivity contribution in [3.05, 3.63) is 164 Å². The molecule has 0 saturated heterocycles. The smallest absolute Gasteiger partial charge is 0.260 e. The number of rotatable bonds is 4. The fourth-order valence-corrected chi connectivity index (χ4v) is 6.86. The molecular weight excluding hydrogens is 547 g/mol. The van der Waals surface area contributed by atoms with E-state index in [1.807, 2.05) is 0 Å². The van der Waals surface area contributed by atoms with Crippen LogP contribution in [0.3, 0.4) is 0 Å². The summed E-state index contributed by atoms with van der Waals surface area (Å²) in [7, 11) is 0. The van der Waals surface area contributed by atoms with Gasteiger partial charge in [-0.1, -0.05) is 146 Å². The molecule has 0 N–H and O–H groups in total. The molecule has 7 aromatic rings. The molecule has 210 valence electrons. The van der Waals surface area contributed by atoms with Gasteiger partial charge < -0.3 is 9.47 Å². The molecular formula is C42H27BO2. The van der Waals surface area contributed by atoms with Crippen molar-refractivity contribution in [2.24, 2.45) is 0 Å². The summed E-state index contributed by atoms with van der Waals surface area (Å²) >= 11 is 0. The van der Waals surface area contributed by atoms with Crippen molar-refractivity contribution in [1.82, 2.24) is 0 Å². The Balaban J connectivity index is 1.33. The van der Waals surface area contributed by atoms with Gasteiger partial charge in [-0.05, 0) is 62.5 Å². The molecule has 0 unspecified atom stereocenters. The van der Waals surface area contributed by atoms with Gasteiger partial charge in [0.05, 0.1) is 0 Å². The maximum absolute atomic E-state index is 6.99. The third-order valence-electron chi connectivity index (χ3n) is 9.01. The Kier molecular flexibility index (Phi) is 5.95. The maximum Gasteiger partial charge on any atom is 0.260 e. The van der Waals surface area contributed by atoms with Crippen LogP contribution < -0.4 is 25.9 Å². The summed E-state index contributed by atoms with van der Waals surface area (Å²) in [5, 5.41) is 0. The van der Waals surface area contributed by atoms with E-state index in [2.05, 4.69) is 164 Å². The quantitative estimate of drug-likeness (QED) is 0.195. The lowest BCUT2D eigenvalue weighted by Crippen LogP contribution is -2.57. The first-order valence-corrected chi connectivity index (χ1v) is 15.4. The average molecular weight is 574 g/mol. The van der Waals surface area contributed by atoms with Crippen molar-refractivity contribution >= 4 is 23.1 Å². The van der Waals surface area contributed by atoms with Gasteiger partial charge >= 0.3 is 0 Å². The second-order valence-electron chi connectivity index (χ2n) is 11.7. The largest absolute Gasteiger partial charge is 0.458 e. The van der Waals surface area contributed by atoms with Gasteiger partial charge in [-0.15, -0.1) is 0 Å². The fraction of sp³-hybridized carbons (Fsp3) is 0. The Morgan fingerprint density at radius 3 is 1.11 bits per heavy atom. The van der Waals surface area contributed by atoms with Crippen molar-refractivity contribution in [3.8, 4) is 67.5 Å². The second kappa shape index (κ2) is 10.4. The van der Waals surface area contributed by atoms with E-state index in [1.165, 1.54) is 0 Å². The van der Waals surface area contributed by atoms with Crippen molar-refractivity contribution < 1.29 is 9.47 Å². The van der Waals surface area contributed by atoms with Gasteiger partial charge in [-0.2, -0.15) is 0 Å². The van der Waals surface area contributed by atoms with E-state index < -0.39 is 0 Å². The number of fused-ring (bicyclic) bond motifs is 4. The summed E-state index contributed by atoms with van der Waals surface area (Å²) in [4.78, 5) is 0. The molecule has 2 heterocycles. The average Bonchev–Trinajstić information content (AvgIpc) is 3.12. The number of hydrogen-bond donors (Lipinski definition) is 0. The highest BCUT2D eigenvalue weighted by Gasteiger charge is 2.42. The highest BCUT2D eigenvalue weighted by atomic mass is 16.5. The van der Waals surface area contributed by atoms with Crippen LogP contribution in [0.25, 0.3) is 44.5 Å². The van der Waals surface area contributed by atoms with Gasteiger partial charge in [0.25, 0.3) is 6.71 Å². The third-order valence-corrected chi connectivity index (χ3v) is 9.01. The minimum absolute atomic E-state index is 0.0525. The van der Waals surface area contributed by atoms with E-state index in [-0.39, 0.29) is 6.71 Å². The Morgan fingerprint density at radius 2 is 0.711 bits per heavy atom. The minimum Gasteiger partial charge on any atom is -0.458 e. The number of benzene rings is 7. The molecule has 0 atom stereocenters. The summed E-state index contributed by atoms with van der Waals surface area (Å²) in [6.07, 6.45) is 0. The molecule has 2 aliphatic rings. The predicted molar refractivity (Wildman–Crippen MR) is 186 cm³/mol. The van der Waals surface area contributed by atoms with Gasteiger partial charge in [0.15, 0.2) is 0 Å². The molecule has 45 heavy (non-hydrogen) atoms. The minimum atomic E-state index is -0.0525. The molecule has 0 bridgehead atoms. The topological polar surface area (TPSA) is 18.5 Å². The lowest BCUT2D eigenvalue weighted by Gasteiger charge is -2.35. The van der Waals surface area contributed by atoms with Crippen LogP contribution in [0.2, 0.25) is 0 Å². The Morgan fingerprint density at radius 1 is 0.333 bits per heavy atom. The molecule has 2 nitrogen and oxygen atoms in total. The Hall–Kier alpha value is -5.80. The van der Waals surface area contributed by atoms with Gasteiger partial charge in [0.1, 0.15) is 23.0 Å². The van der Waals surface area contributed by atoms with Crippen LogP contribution in [0.4, 0.5) is 0 Å². The normalized spacial score (nSPS) is 12.3. The first-order chi connectivity index (χ1) is 22.3. The maximum atomic E-state index is 6.99. The highest BCUT2D eigenvalue weighted by Crippen LogP contribution is 2.46. The molecule has 7 aromatic carbocycles. The molecule has 0 fully saturated rings. The van der Waals surface area contributed by atoms with Crippen LogP contribution in [-0.2, 0) is 0 Å². The monoisotopic (exact) mass is 574 g/mol. The van der Waals surface area contributed by atoms with Crippen LogP contribution in [-0.4, -0.2) is 6.71 Å². The van der Waals surface area contributed by atoms with Crippen molar-refractivity contribution in [1.29, 1.82) is 0 Å². The van der Waals surface area contributed by atoms with Crippen LogP contribution in [0, 0.1) is 0 Å². The fourth-order valence-electron chi connectivity index (χ4n) is 6.86. The van der Waals surface area contributed by atoms with E-state index in [4.69, 9.17) is 9.47 Å². The molecule has 0 amide bonds. The van der Waals surface area contributed by atoms with E-state index in [1.54, 1.807) is 0 Å². The number of ether oxygens (including phenoxy) is 2. The van der Waals surface area contributed by atoms with Gasteiger partial charge in [0.2, 0.25) is 0 Å². The van der Waals surface area contributed by atoms with Crippen molar-refractivity contribution in [3.63, 3.8) is 0 Å². The lowest BCUT2D eigenvalue weighted by molar-refractivity contribution is 0.467. The van der Waals surface area contributed by atoms with Crippen LogP contribution >= 0.6 is 0 Å². The SMILES string of the molecule is c1ccc(-c2ccc3c(c2)Oc2c(-c4ccccc4)cc(-c4ccccc4)c4c2B3c2ccc(-c3ccccc3)cc2O4)cc1. The van der Waals surface area contributed by atoms with Gasteiger partial charge in [-0.3, -0.25) is 0 Å². The lowest BCUT2D eigenvalue weighted by atomic mass is 9.34. The Labute approximate surface area is 263 Å². The van der Waals surface area contributed by atoms with Crippen LogP contribution in [0.5, 0.6) is 23.0 Å². The van der Waals surface area contributed by atoms with Gasteiger partial charge in [0, 0.05) is 16.6 Å². The zero-order valence-corrected chi connectivity index (χ0v) is 24.5. The molecule has 0 aliphatic carbocycles. The predicted octanol–water partition coefficient (Wildman–Crippen LogP) is 9.08. The zero-order valence-electron chi connectivity index (χ0n) is 24.5. The summed E-state index contributed by atoms with van der Waals surface area (Å²) in [6, 6.07) is 57.6. The molecule has 0 spiro atoms. The molecule has 0 radical (unpaired) electrons. The standard InChI is InChI=1S/C42H27BO2/c1-5-13-28(14-6-1)32-21-23-36-38(25-32)44-41-34(30-17-9-3-10-18-30)27-35(31-19-11-4-12-20-31)42-40(41)43(36)37-24-22-33(26-39(37)45-42)29-15-7-2-8-16-29/h1-27H. The summed E-state index contributed by atoms with van der Waals surface area (Å²) in [6.45, 7) is -0.0525. The van der Waals surface area contributed by atoms with E-state index in [9.17, 15) is 0 Å². The summed E-state index contributed by atoms with van der Waals surface area (Å²) < 4.78 is 14.0. The van der Waals surface area contributed by atoms with Crippen molar-refractivity contribution in [2.45, 2.75) is 0 Å². The van der Waals surface area contributed by atoms with E-state index in [0.717, 1.165) is 83.9 Å². The van der Waals surface area contributed by atoms with E-state index in [0.29, 0.717) is 0 Å². The van der Waals surface area contributed by atoms with E-state index >= 15 is 0 Å². The third kappa shape index (κ3) is 4.28.